The van der Waals surface area contributed by atoms with Crippen LogP contribution in [0.5, 0.6) is 0 Å². The van der Waals surface area contributed by atoms with Crippen LogP contribution in [0, 0.1) is 11.2 Å². The molecule has 1 unspecified atom stereocenters. The van der Waals surface area contributed by atoms with Crippen molar-refractivity contribution in [1.29, 1.82) is 0 Å². The van der Waals surface area contributed by atoms with E-state index in [1.807, 2.05) is 0 Å². The Hall–Kier alpha value is -1.29. The molecule has 0 spiro atoms. The second-order valence-corrected chi connectivity index (χ2v) is 6.61. The first kappa shape index (κ1) is 14.1. The fourth-order valence-electron chi connectivity index (χ4n) is 2.01. The number of alkyl halides is 1. The van der Waals surface area contributed by atoms with E-state index in [1.54, 1.807) is 6.07 Å². The molecule has 2 rings (SSSR count). The van der Waals surface area contributed by atoms with E-state index in [1.165, 1.54) is 12.1 Å². The number of aromatic nitrogens is 2. The Morgan fingerprint density at radius 2 is 2.16 bits per heavy atom. The number of imidazole rings is 1. The number of halogens is 2. The van der Waals surface area contributed by atoms with Crippen molar-refractivity contribution in [2.24, 2.45) is 5.41 Å². The number of hydrogen-bond acceptors (Lipinski definition) is 2. The zero-order chi connectivity index (χ0) is 14.0. The molecule has 1 heterocycles. The third kappa shape index (κ3) is 4.10. The number of fused-ring (bicyclic) bond motifs is 1. The SMILES string of the molecule is CC(C)(C)CC(Cl)CNc1nc2ccc(F)cc2[nH]1. The molecule has 1 aromatic heterocycles. The van der Waals surface area contributed by atoms with Gasteiger partial charge in [0.2, 0.25) is 5.95 Å². The van der Waals surface area contributed by atoms with Crippen LogP contribution in [0.4, 0.5) is 10.3 Å². The van der Waals surface area contributed by atoms with Gasteiger partial charge >= 0.3 is 0 Å². The minimum atomic E-state index is -0.273. The van der Waals surface area contributed by atoms with E-state index in [0.717, 1.165) is 11.9 Å². The van der Waals surface area contributed by atoms with Gasteiger partial charge in [-0.2, -0.15) is 0 Å². The van der Waals surface area contributed by atoms with Crippen molar-refractivity contribution in [2.75, 3.05) is 11.9 Å². The van der Waals surface area contributed by atoms with Crippen LogP contribution in [-0.2, 0) is 0 Å². The summed E-state index contributed by atoms with van der Waals surface area (Å²) >= 11 is 6.28. The molecule has 104 valence electrons. The first-order valence-corrected chi connectivity index (χ1v) is 6.80. The molecule has 5 heteroatoms. The van der Waals surface area contributed by atoms with E-state index in [0.29, 0.717) is 18.0 Å². The van der Waals surface area contributed by atoms with Crippen LogP contribution in [0.3, 0.4) is 0 Å². The van der Waals surface area contributed by atoms with Crippen molar-refractivity contribution in [3.05, 3.63) is 24.0 Å². The first-order chi connectivity index (χ1) is 8.83. The Morgan fingerprint density at radius 1 is 1.42 bits per heavy atom. The highest BCUT2D eigenvalue weighted by atomic mass is 35.5. The van der Waals surface area contributed by atoms with Crippen LogP contribution >= 0.6 is 11.6 Å². The molecule has 1 atom stereocenters. The lowest BCUT2D eigenvalue weighted by molar-refractivity contribution is 0.373. The lowest BCUT2D eigenvalue weighted by Crippen LogP contribution is -2.21. The number of nitrogens with zero attached hydrogens (tertiary/aromatic N) is 1. The Balaban J connectivity index is 1.98. The summed E-state index contributed by atoms with van der Waals surface area (Å²) in [6.45, 7) is 7.10. The minimum absolute atomic E-state index is 0.0324. The molecular weight excluding hydrogens is 265 g/mol. The summed E-state index contributed by atoms with van der Waals surface area (Å²) in [4.78, 5) is 7.36. The van der Waals surface area contributed by atoms with Gasteiger partial charge < -0.3 is 10.3 Å². The molecule has 0 radical (unpaired) electrons. The Labute approximate surface area is 117 Å². The van der Waals surface area contributed by atoms with Gasteiger partial charge in [-0.1, -0.05) is 20.8 Å². The van der Waals surface area contributed by atoms with Gasteiger partial charge in [0.05, 0.1) is 16.4 Å². The van der Waals surface area contributed by atoms with Crippen molar-refractivity contribution >= 4 is 28.6 Å². The molecule has 2 N–H and O–H groups in total. The fourth-order valence-corrected chi connectivity index (χ4v) is 2.55. The topological polar surface area (TPSA) is 40.7 Å². The smallest absolute Gasteiger partial charge is 0.201 e. The maximum atomic E-state index is 13.1. The third-order valence-electron chi connectivity index (χ3n) is 2.77. The molecule has 0 aliphatic heterocycles. The average Bonchev–Trinajstić information content (AvgIpc) is 2.66. The molecule has 0 aliphatic carbocycles. The van der Waals surface area contributed by atoms with Crippen molar-refractivity contribution in [1.82, 2.24) is 9.97 Å². The summed E-state index contributed by atoms with van der Waals surface area (Å²) in [5.74, 6) is 0.353. The second kappa shape index (κ2) is 5.37. The van der Waals surface area contributed by atoms with Gasteiger partial charge in [-0.3, -0.25) is 0 Å². The Kier molecular flexibility index (Phi) is 3.99. The molecule has 0 bridgehead atoms. The Morgan fingerprint density at radius 3 is 2.84 bits per heavy atom. The predicted octanol–water partition coefficient (Wildman–Crippen LogP) is 4.16. The summed E-state index contributed by atoms with van der Waals surface area (Å²) in [5.41, 5.74) is 1.63. The van der Waals surface area contributed by atoms with Gasteiger partial charge in [-0.15, -0.1) is 11.6 Å². The number of benzene rings is 1. The van der Waals surface area contributed by atoms with Crippen molar-refractivity contribution in [2.45, 2.75) is 32.6 Å². The monoisotopic (exact) mass is 283 g/mol. The van der Waals surface area contributed by atoms with Crippen molar-refractivity contribution in [3.63, 3.8) is 0 Å². The van der Waals surface area contributed by atoms with E-state index in [4.69, 9.17) is 11.6 Å². The predicted molar refractivity (Wildman–Crippen MR) is 78.3 cm³/mol. The zero-order valence-corrected chi connectivity index (χ0v) is 12.2. The van der Waals surface area contributed by atoms with Gasteiger partial charge in [-0.05, 0) is 30.0 Å². The summed E-state index contributed by atoms with van der Waals surface area (Å²) < 4.78 is 13.1. The van der Waals surface area contributed by atoms with E-state index in [2.05, 4.69) is 36.1 Å². The lowest BCUT2D eigenvalue weighted by atomic mass is 9.90. The zero-order valence-electron chi connectivity index (χ0n) is 11.4. The molecule has 3 nitrogen and oxygen atoms in total. The highest BCUT2D eigenvalue weighted by molar-refractivity contribution is 6.20. The fraction of sp³-hybridized carbons (Fsp3) is 0.500. The number of aromatic amines is 1. The van der Waals surface area contributed by atoms with Gasteiger partial charge in [0, 0.05) is 6.54 Å². The number of anilines is 1. The summed E-state index contributed by atoms with van der Waals surface area (Å²) in [6.07, 6.45) is 0.913. The second-order valence-electron chi connectivity index (χ2n) is 5.99. The normalized spacial score (nSPS) is 13.7. The first-order valence-electron chi connectivity index (χ1n) is 6.37. The number of rotatable bonds is 4. The molecule has 0 amide bonds. The molecule has 0 saturated carbocycles. The lowest BCUT2D eigenvalue weighted by Gasteiger charge is -2.21. The van der Waals surface area contributed by atoms with Gasteiger partial charge in [0.15, 0.2) is 0 Å². The average molecular weight is 284 g/mol. The number of nitrogens with one attached hydrogen (secondary N) is 2. The van der Waals surface area contributed by atoms with Crippen LogP contribution in [0.1, 0.15) is 27.2 Å². The summed E-state index contributed by atoms with van der Waals surface area (Å²) in [7, 11) is 0. The van der Waals surface area contributed by atoms with Crippen LogP contribution < -0.4 is 5.32 Å². The highest BCUT2D eigenvalue weighted by Gasteiger charge is 2.17. The molecule has 0 fully saturated rings. The summed E-state index contributed by atoms with van der Waals surface area (Å²) in [6, 6.07) is 4.48. The molecule has 19 heavy (non-hydrogen) atoms. The molecule has 0 saturated heterocycles. The maximum absolute atomic E-state index is 13.1. The van der Waals surface area contributed by atoms with E-state index in [9.17, 15) is 4.39 Å². The quantitative estimate of drug-likeness (QED) is 0.827. The maximum Gasteiger partial charge on any atom is 0.201 e. The molecule has 1 aromatic carbocycles. The number of hydrogen-bond donors (Lipinski definition) is 2. The minimum Gasteiger partial charge on any atom is -0.354 e. The van der Waals surface area contributed by atoms with Crippen molar-refractivity contribution < 1.29 is 4.39 Å². The van der Waals surface area contributed by atoms with Crippen LogP contribution in [0.15, 0.2) is 18.2 Å². The van der Waals surface area contributed by atoms with E-state index >= 15 is 0 Å². The largest absolute Gasteiger partial charge is 0.354 e. The van der Waals surface area contributed by atoms with Gasteiger partial charge in [0.1, 0.15) is 5.82 Å². The molecular formula is C14H19ClFN3. The van der Waals surface area contributed by atoms with E-state index < -0.39 is 0 Å². The van der Waals surface area contributed by atoms with Crippen molar-refractivity contribution in [3.8, 4) is 0 Å². The van der Waals surface area contributed by atoms with E-state index in [-0.39, 0.29) is 16.6 Å². The van der Waals surface area contributed by atoms with Crippen LogP contribution in [0.2, 0.25) is 0 Å². The van der Waals surface area contributed by atoms with Crippen LogP contribution in [0.25, 0.3) is 11.0 Å². The number of H-pyrrole nitrogens is 1. The summed E-state index contributed by atoms with van der Waals surface area (Å²) in [5, 5.41) is 3.19. The molecule has 2 aromatic rings. The Bertz CT molecular complexity index is 559. The van der Waals surface area contributed by atoms with Gasteiger partial charge in [0.25, 0.3) is 0 Å². The highest BCUT2D eigenvalue weighted by Crippen LogP contribution is 2.24. The third-order valence-corrected chi connectivity index (χ3v) is 3.08. The standard InChI is InChI=1S/C14H19ClFN3/c1-14(2,3)7-9(15)8-17-13-18-11-5-4-10(16)6-12(11)19-13/h4-6,9H,7-8H2,1-3H3,(H2,17,18,19). The molecule has 0 aliphatic rings. The van der Waals surface area contributed by atoms with Crippen LogP contribution in [-0.4, -0.2) is 21.9 Å². The van der Waals surface area contributed by atoms with Gasteiger partial charge in [-0.25, -0.2) is 9.37 Å².